The zero-order valence-electron chi connectivity index (χ0n) is 23.0. The Morgan fingerprint density at radius 1 is 1.05 bits per heavy atom. The number of nitrogens with zero attached hydrogens (tertiary/aromatic N) is 4. The van der Waals surface area contributed by atoms with Gasteiger partial charge in [-0.25, -0.2) is 9.97 Å². The van der Waals surface area contributed by atoms with E-state index in [1.807, 2.05) is 67.8 Å². The summed E-state index contributed by atoms with van der Waals surface area (Å²) in [5, 5.41) is 12.1. The van der Waals surface area contributed by atoms with Gasteiger partial charge in [0, 0.05) is 6.20 Å². The van der Waals surface area contributed by atoms with Crippen LogP contribution in [0.5, 0.6) is 11.5 Å². The van der Waals surface area contributed by atoms with Gasteiger partial charge in [0.25, 0.3) is 5.78 Å². The van der Waals surface area contributed by atoms with Crippen LogP contribution in [0.4, 0.5) is 5.13 Å². The molecule has 1 atom stereocenters. The number of rotatable bonds is 7. The molecule has 1 aliphatic heterocycles. The predicted molar refractivity (Wildman–Crippen MR) is 158 cm³/mol. The fourth-order valence-corrected chi connectivity index (χ4v) is 6.16. The molecule has 0 saturated carbocycles. The number of pyridine rings is 1. The van der Waals surface area contributed by atoms with Gasteiger partial charge in [-0.15, -0.1) is 0 Å². The van der Waals surface area contributed by atoms with Crippen molar-refractivity contribution in [1.82, 2.24) is 14.4 Å². The maximum Gasteiger partial charge on any atom is 0.301 e. The molecule has 1 fully saturated rings. The molecule has 0 aliphatic carbocycles. The van der Waals surface area contributed by atoms with Crippen molar-refractivity contribution >= 4 is 49.8 Å². The van der Waals surface area contributed by atoms with Crippen molar-refractivity contribution in [2.45, 2.75) is 33.2 Å². The number of aliphatic hydroxyl groups excluding tert-OH is 1. The lowest BCUT2D eigenvalue weighted by Crippen LogP contribution is -2.29. The lowest BCUT2D eigenvalue weighted by Gasteiger charge is -2.23. The Kier molecular flexibility index (Phi) is 6.70. The smallest absolute Gasteiger partial charge is 0.301 e. The molecule has 41 heavy (non-hydrogen) atoms. The van der Waals surface area contributed by atoms with Crippen LogP contribution in [0.15, 0.2) is 66.4 Å². The first-order valence-electron chi connectivity index (χ1n) is 13.2. The topological polar surface area (TPSA) is 106 Å². The molecule has 0 radical (unpaired) electrons. The van der Waals surface area contributed by atoms with Crippen molar-refractivity contribution in [3.8, 4) is 11.5 Å². The summed E-state index contributed by atoms with van der Waals surface area (Å²) in [6.07, 6.45) is 2.67. The van der Waals surface area contributed by atoms with Crippen molar-refractivity contribution in [2.24, 2.45) is 0 Å². The van der Waals surface area contributed by atoms with Gasteiger partial charge in [-0.05, 0) is 67.8 Å². The second-order valence-electron chi connectivity index (χ2n) is 9.85. The maximum atomic E-state index is 13.7. The Labute approximate surface area is 240 Å². The highest BCUT2D eigenvalue weighted by molar-refractivity contribution is 7.22. The van der Waals surface area contributed by atoms with Crippen LogP contribution < -0.4 is 14.4 Å². The highest BCUT2D eigenvalue weighted by Crippen LogP contribution is 2.45. The van der Waals surface area contributed by atoms with Gasteiger partial charge in [0.05, 0.1) is 41.2 Å². The van der Waals surface area contributed by atoms with Crippen molar-refractivity contribution in [3.63, 3.8) is 0 Å². The van der Waals surface area contributed by atoms with Gasteiger partial charge >= 0.3 is 5.91 Å². The third kappa shape index (κ3) is 4.40. The van der Waals surface area contributed by atoms with E-state index in [2.05, 4.69) is 4.98 Å². The van der Waals surface area contributed by atoms with Crippen LogP contribution in [0.1, 0.15) is 41.9 Å². The van der Waals surface area contributed by atoms with E-state index in [1.165, 1.54) is 16.2 Å². The van der Waals surface area contributed by atoms with Crippen LogP contribution in [-0.4, -0.2) is 44.9 Å². The first-order valence-corrected chi connectivity index (χ1v) is 14.1. The number of amides is 1. The third-order valence-electron chi connectivity index (χ3n) is 7.19. The van der Waals surface area contributed by atoms with Gasteiger partial charge in [-0.3, -0.25) is 14.5 Å². The van der Waals surface area contributed by atoms with Gasteiger partial charge in [0.15, 0.2) is 10.9 Å². The second-order valence-corrected chi connectivity index (χ2v) is 10.9. The molecule has 0 spiro atoms. The number of anilines is 1. The molecule has 5 aromatic rings. The molecule has 1 aliphatic rings. The minimum atomic E-state index is -0.951. The number of aryl methyl sites for hydroxylation is 2. The average Bonchev–Trinajstić information content (AvgIpc) is 3.63. The van der Waals surface area contributed by atoms with E-state index in [1.54, 1.807) is 25.3 Å². The van der Waals surface area contributed by atoms with Crippen LogP contribution in [0.3, 0.4) is 0 Å². The fraction of sp³-hybridized carbons (Fsp3) is 0.226. The van der Waals surface area contributed by atoms with Crippen LogP contribution in [0, 0.1) is 13.8 Å². The zero-order chi connectivity index (χ0) is 28.8. The quantitative estimate of drug-likeness (QED) is 0.146. The summed E-state index contributed by atoms with van der Waals surface area (Å²) in [5.74, 6) is -0.662. The number of Topliss-reactive ketones (excluding diaryl/α,β-unsaturated/α-hetero) is 1. The summed E-state index contributed by atoms with van der Waals surface area (Å²) in [5.41, 5.74) is 3.69. The van der Waals surface area contributed by atoms with Gasteiger partial charge in [0.1, 0.15) is 22.8 Å². The lowest BCUT2D eigenvalue weighted by molar-refractivity contribution is -0.132. The maximum absolute atomic E-state index is 13.7. The van der Waals surface area contributed by atoms with Crippen molar-refractivity contribution in [1.29, 1.82) is 0 Å². The molecule has 10 heteroatoms. The highest BCUT2D eigenvalue weighted by atomic mass is 32.1. The van der Waals surface area contributed by atoms with Crippen LogP contribution in [-0.2, 0) is 9.59 Å². The van der Waals surface area contributed by atoms with E-state index >= 15 is 0 Å². The number of aliphatic hydroxyl groups is 1. The predicted octanol–water partition coefficient (Wildman–Crippen LogP) is 5.98. The Bertz CT molecular complexity index is 1870. The fourth-order valence-electron chi connectivity index (χ4n) is 5.14. The van der Waals surface area contributed by atoms with Gasteiger partial charge in [-0.2, -0.15) is 0 Å². The monoisotopic (exact) mass is 568 g/mol. The van der Waals surface area contributed by atoms with Crippen LogP contribution in [0.25, 0.3) is 21.6 Å². The molecular weight excluding hydrogens is 540 g/mol. The normalized spacial score (nSPS) is 16.7. The van der Waals surface area contributed by atoms with Crippen molar-refractivity contribution < 1.29 is 24.2 Å². The van der Waals surface area contributed by atoms with E-state index < -0.39 is 17.7 Å². The first-order chi connectivity index (χ1) is 19.8. The number of carbonyl (C=O) groups is 2. The van der Waals surface area contributed by atoms with E-state index in [-0.39, 0.29) is 17.0 Å². The number of hydrogen-bond donors (Lipinski definition) is 1. The Balaban J connectivity index is 1.57. The molecule has 3 aromatic heterocycles. The number of fused-ring (bicyclic) bond motifs is 2. The standard InChI is InChI=1S/C31H28N4O5S/c1-5-14-40-21-10-6-9-19(15-21)26-24(27(36)25-18(3)34-13-7-8-17(2)29(34)33-25)28(37)30(38)35(26)31-32-22-12-11-20(39-4)16-23(22)41-31/h6-13,15-16,26,36H,5,14H2,1-4H3. The number of benzene rings is 2. The average molecular weight is 569 g/mol. The first kappa shape index (κ1) is 26.5. The molecule has 1 unspecified atom stereocenters. The number of methoxy groups -OCH3 is 1. The number of ether oxygens (including phenoxy) is 2. The van der Waals surface area contributed by atoms with Gasteiger partial charge in [-0.1, -0.05) is 36.5 Å². The van der Waals surface area contributed by atoms with E-state index in [9.17, 15) is 14.7 Å². The summed E-state index contributed by atoms with van der Waals surface area (Å²) in [4.78, 5) is 38.2. The number of thiazole rings is 1. The number of aromatic nitrogens is 3. The molecule has 1 amide bonds. The summed E-state index contributed by atoms with van der Waals surface area (Å²) in [6, 6.07) is 15.5. The zero-order valence-corrected chi connectivity index (χ0v) is 23.9. The number of ketones is 1. The minimum Gasteiger partial charge on any atom is -0.505 e. The van der Waals surface area contributed by atoms with E-state index in [0.717, 1.165) is 16.7 Å². The highest BCUT2D eigenvalue weighted by Gasteiger charge is 2.48. The molecule has 6 rings (SSSR count). The molecule has 2 aromatic carbocycles. The molecule has 1 saturated heterocycles. The third-order valence-corrected chi connectivity index (χ3v) is 8.21. The van der Waals surface area contributed by atoms with Crippen LogP contribution >= 0.6 is 11.3 Å². The molecule has 1 N–H and O–H groups in total. The van der Waals surface area contributed by atoms with E-state index in [0.29, 0.717) is 45.7 Å². The van der Waals surface area contributed by atoms with Crippen molar-refractivity contribution in [2.75, 3.05) is 18.6 Å². The Morgan fingerprint density at radius 2 is 1.88 bits per heavy atom. The minimum absolute atomic E-state index is 0.0522. The molecule has 9 nitrogen and oxygen atoms in total. The Hall–Kier alpha value is -4.70. The number of hydrogen-bond acceptors (Lipinski definition) is 8. The second kappa shape index (κ2) is 10.4. The van der Waals surface area contributed by atoms with Gasteiger partial charge < -0.3 is 19.0 Å². The summed E-state index contributed by atoms with van der Waals surface area (Å²) in [6.45, 7) is 6.27. The SMILES string of the molecule is CCCOc1cccc(C2C(=C(O)c3nc4c(C)cccn4c3C)C(=O)C(=O)N2c2nc3ccc(OC)cc3s2)c1. The summed E-state index contributed by atoms with van der Waals surface area (Å²) < 4.78 is 13.9. The molecule has 208 valence electrons. The summed E-state index contributed by atoms with van der Waals surface area (Å²) in [7, 11) is 1.58. The molecule has 4 heterocycles. The van der Waals surface area contributed by atoms with Crippen LogP contribution in [0.2, 0.25) is 0 Å². The number of imidazole rings is 1. The largest absolute Gasteiger partial charge is 0.505 e. The molecule has 0 bridgehead atoms. The van der Waals surface area contributed by atoms with E-state index in [4.69, 9.17) is 14.5 Å². The number of carbonyl (C=O) groups excluding carboxylic acids is 2. The molecular formula is C31H28N4O5S. The van der Waals surface area contributed by atoms with Gasteiger partial charge in [0.2, 0.25) is 0 Å². The lowest BCUT2D eigenvalue weighted by atomic mass is 9.96. The van der Waals surface area contributed by atoms with Crippen molar-refractivity contribution in [3.05, 3.63) is 88.9 Å². The summed E-state index contributed by atoms with van der Waals surface area (Å²) >= 11 is 1.27. The Morgan fingerprint density at radius 3 is 2.63 bits per heavy atom.